The first-order chi connectivity index (χ1) is 9.74. The third kappa shape index (κ3) is 1.94. The Morgan fingerprint density at radius 1 is 1.20 bits per heavy atom. The summed E-state index contributed by atoms with van der Waals surface area (Å²) in [5.41, 5.74) is 4.54. The first-order valence-electron chi connectivity index (χ1n) is 6.46. The molecule has 0 spiro atoms. The molecule has 0 aliphatic rings. The smallest absolute Gasteiger partial charge is 0.140 e. The number of aliphatic hydroxyl groups is 1. The molecule has 1 N–H and O–H groups in total. The summed E-state index contributed by atoms with van der Waals surface area (Å²) in [4.78, 5) is 4.67. The first-order valence-corrected chi connectivity index (χ1v) is 6.46. The van der Waals surface area contributed by atoms with Crippen LogP contribution in [0.5, 0.6) is 5.75 Å². The van der Waals surface area contributed by atoms with Crippen LogP contribution in [-0.4, -0.2) is 21.6 Å². The van der Waals surface area contributed by atoms with E-state index in [0.29, 0.717) is 0 Å². The monoisotopic (exact) mass is 268 g/mol. The molecule has 20 heavy (non-hydrogen) atoms. The van der Waals surface area contributed by atoms with Crippen molar-refractivity contribution in [1.29, 1.82) is 0 Å². The zero-order chi connectivity index (χ0) is 14.1. The van der Waals surface area contributed by atoms with E-state index in [2.05, 4.69) is 4.98 Å². The quantitative estimate of drug-likeness (QED) is 0.794. The molecule has 0 amide bonds. The third-order valence-electron chi connectivity index (χ3n) is 3.46. The van der Waals surface area contributed by atoms with E-state index in [4.69, 9.17) is 4.74 Å². The van der Waals surface area contributed by atoms with Crippen molar-refractivity contribution in [3.05, 3.63) is 53.9 Å². The Morgan fingerprint density at radius 3 is 2.60 bits per heavy atom. The summed E-state index contributed by atoms with van der Waals surface area (Å²) in [7, 11) is 1.64. The molecule has 0 atom stereocenters. The zero-order valence-corrected chi connectivity index (χ0v) is 11.5. The van der Waals surface area contributed by atoms with E-state index in [1.165, 1.54) is 0 Å². The molecule has 102 valence electrons. The number of hydrogen-bond donors (Lipinski definition) is 1. The molecule has 0 bridgehead atoms. The Morgan fingerprint density at radius 2 is 1.95 bits per heavy atom. The number of benzene rings is 1. The van der Waals surface area contributed by atoms with Crippen LogP contribution >= 0.6 is 0 Å². The van der Waals surface area contributed by atoms with Crippen LogP contribution in [0, 0.1) is 6.92 Å². The molecule has 0 radical (unpaired) electrons. The molecule has 2 aromatic heterocycles. The minimum absolute atomic E-state index is 0.0496. The molecule has 0 saturated carbocycles. The lowest BCUT2D eigenvalue weighted by Crippen LogP contribution is -1.94. The first kappa shape index (κ1) is 12.7. The highest BCUT2D eigenvalue weighted by molar-refractivity contribution is 5.68. The van der Waals surface area contributed by atoms with Gasteiger partial charge in [-0.2, -0.15) is 0 Å². The van der Waals surface area contributed by atoms with Crippen LogP contribution in [-0.2, 0) is 6.61 Å². The molecule has 0 unspecified atom stereocenters. The summed E-state index contributed by atoms with van der Waals surface area (Å²) >= 11 is 0. The molecule has 0 aliphatic heterocycles. The minimum Gasteiger partial charge on any atom is -0.497 e. The van der Waals surface area contributed by atoms with Gasteiger partial charge in [0.1, 0.15) is 11.4 Å². The van der Waals surface area contributed by atoms with Gasteiger partial charge in [-0.15, -0.1) is 0 Å². The van der Waals surface area contributed by atoms with E-state index in [9.17, 15) is 5.11 Å². The van der Waals surface area contributed by atoms with Crippen LogP contribution in [0.25, 0.3) is 16.9 Å². The molecule has 4 heteroatoms. The van der Waals surface area contributed by atoms with Gasteiger partial charge in [0.25, 0.3) is 0 Å². The van der Waals surface area contributed by atoms with Gasteiger partial charge in [-0.05, 0) is 42.8 Å². The summed E-state index contributed by atoms with van der Waals surface area (Å²) in [6.07, 6.45) is 1.92. The Kier molecular flexibility index (Phi) is 3.16. The largest absolute Gasteiger partial charge is 0.497 e. The summed E-state index contributed by atoms with van der Waals surface area (Å²) < 4.78 is 7.10. The SMILES string of the molecule is COc1ccc(-c2nc3c(C)cccn3c2CO)cc1. The second-order valence-corrected chi connectivity index (χ2v) is 4.68. The van der Waals surface area contributed by atoms with Crippen LogP contribution in [0.4, 0.5) is 0 Å². The van der Waals surface area contributed by atoms with Crippen molar-refractivity contribution in [2.24, 2.45) is 0 Å². The number of aliphatic hydroxyl groups excluding tert-OH is 1. The standard InChI is InChI=1S/C16H16N2O2/c1-11-4-3-9-18-14(10-19)15(17-16(11)18)12-5-7-13(20-2)8-6-12/h3-9,19H,10H2,1-2H3. The summed E-state index contributed by atoms with van der Waals surface area (Å²) in [6.45, 7) is 1.97. The maximum Gasteiger partial charge on any atom is 0.140 e. The molecule has 3 rings (SSSR count). The zero-order valence-electron chi connectivity index (χ0n) is 11.5. The van der Waals surface area contributed by atoms with E-state index in [-0.39, 0.29) is 6.61 Å². The number of ether oxygens (including phenoxy) is 1. The number of rotatable bonds is 3. The van der Waals surface area contributed by atoms with Gasteiger partial charge in [0.15, 0.2) is 0 Å². The van der Waals surface area contributed by atoms with Crippen molar-refractivity contribution < 1.29 is 9.84 Å². The normalized spacial score (nSPS) is 10.9. The number of aromatic nitrogens is 2. The van der Waals surface area contributed by atoms with Gasteiger partial charge in [0.05, 0.1) is 25.1 Å². The van der Waals surface area contributed by atoms with Crippen LogP contribution in [0.15, 0.2) is 42.6 Å². The molecular weight excluding hydrogens is 252 g/mol. The second-order valence-electron chi connectivity index (χ2n) is 4.68. The molecule has 1 aromatic carbocycles. The van der Waals surface area contributed by atoms with Gasteiger partial charge in [-0.25, -0.2) is 4.98 Å². The Bertz CT molecular complexity index is 745. The number of hydrogen-bond acceptors (Lipinski definition) is 3. The fourth-order valence-electron chi connectivity index (χ4n) is 2.38. The summed E-state index contributed by atoms with van der Waals surface area (Å²) in [5, 5.41) is 9.67. The van der Waals surface area contributed by atoms with Gasteiger partial charge < -0.3 is 14.2 Å². The summed E-state index contributed by atoms with van der Waals surface area (Å²) in [6, 6.07) is 11.7. The van der Waals surface area contributed by atoms with Crippen LogP contribution in [0.3, 0.4) is 0 Å². The van der Waals surface area contributed by atoms with Crippen molar-refractivity contribution in [3.8, 4) is 17.0 Å². The van der Waals surface area contributed by atoms with E-state index in [1.807, 2.05) is 53.9 Å². The Labute approximate surface area is 117 Å². The molecule has 2 heterocycles. The number of methoxy groups -OCH3 is 1. The Balaban J connectivity index is 2.21. The van der Waals surface area contributed by atoms with E-state index >= 15 is 0 Å². The van der Waals surface area contributed by atoms with Crippen molar-refractivity contribution in [3.63, 3.8) is 0 Å². The van der Waals surface area contributed by atoms with E-state index < -0.39 is 0 Å². The number of aryl methyl sites for hydroxylation is 1. The molecule has 4 nitrogen and oxygen atoms in total. The van der Waals surface area contributed by atoms with Gasteiger partial charge in [-0.1, -0.05) is 6.07 Å². The maximum atomic E-state index is 9.67. The van der Waals surface area contributed by atoms with Gasteiger partial charge in [0, 0.05) is 11.8 Å². The van der Waals surface area contributed by atoms with Crippen molar-refractivity contribution in [1.82, 2.24) is 9.38 Å². The predicted molar refractivity (Wildman–Crippen MR) is 77.8 cm³/mol. The van der Waals surface area contributed by atoms with E-state index in [0.717, 1.165) is 33.9 Å². The minimum atomic E-state index is -0.0496. The predicted octanol–water partition coefficient (Wildman–Crippen LogP) is 2.81. The molecule has 0 aliphatic carbocycles. The number of pyridine rings is 1. The lowest BCUT2D eigenvalue weighted by molar-refractivity contribution is 0.276. The topological polar surface area (TPSA) is 46.8 Å². The fraction of sp³-hybridized carbons (Fsp3) is 0.188. The van der Waals surface area contributed by atoms with Crippen molar-refractivity contribution >= 4 is 5.65 Å². The average Bonchev–Trinajstić information content (AvgIpc) is 2.87. The van der Waals surface area contributed by atoms with Crippen LogP contribution in [0.1, 0.15) is 11.3 Å². The van der Waals surface area contributed by atoms with E-state index in [1.54, 1.807) is 7.11 Å². The molecule has 0 saturated heterocycles. The van der Waals surface area contributed by atoms with Crippen molar-refractivity contribution in [2.45, 2.75) is 13.5 Å². The number of fused-ring (bicyclic) bond motifs is 1. The number of imidazole rings is 1. The second kappa shape index (κ2) is 4.98. The highest BCUT2D eigenvalue weighted by atomic mass is 16.5. The fourth-order valence-corrected chi connectivity index (χ4v) is 2.38. The number of nitrogens with zero attached hydrogens (tertiary/aromatic N) is 2. The lowest BCUT2D eigenvalue weighted by Gasteiger charge is -2.03. The van der Waals surface area contributed by atoms with Gasteiger partial charge >= 0.3 is 0 Å². The van der Waals surface area contributed by atoms with Crippen LogP contribution in [0.2, 0.25) is 0 Å². The van der Waals surface area contributed by atoms with Gasteiger partial charge in [0.2, 0.25) is 0 Å². The summed E-state index contributed by atoms with van der Waals surface area (Å²) in [5.74, 6) is 0.805. The molecule has 0 fully saturated rings. The molecule has 3 aromatic rings. The maximum absolute atomic E-state index is 9.67. The molecular formula is C16H16N2O2. The Hall–Kier alpha value is -2.33. The lowest BCUT2D eigenvalue weighted by atomic mass is 10.1. The van der Waals surface area contributed by atoms with Gasteiger partial charge in [-0.3, -0.25) is 0 Å². The third-order valence-corrected chi connectivity index (χ3v) is 3.46. The highest BCUT2D eigenvalue weighted by Gasteiger charge is 2.14. The van der Waals surface area contributed by atoms with Crippen molar-refractivity contribution in [2.75, 3.05) is 7.11 Å². The van der Waals surface area contributed by atoms with Crippen LogP contribution < -0.4 is 4.74 Å². The highest BCUT2D eigenvalue weighted by Crippen LogP contribution is 2.27. The average molecular weight is 268 g/mol.